The van der Waals surface area contributed by atoms with Crippen molar-refractivity contribution < 1.29 is 53.8 Å². The Morgan fingerprint density at radius 2 is 1.55 bits per heavy atom. The van der Waals surface area contributed by atoms with Gasteiger partial charge in [-0.1, -0.05) is 24.3 Å². The third-order valence-electron chi connectivity index (χ3n) is 7.60. The monoisotopic (exact) mass is 654 g/mol. The van der Waals surface area contributed by atoms with Crippen LogP contribution < -0.4 is 10.6 Å². The molecule has 242 valence electrons. The van der Waals surface area contributed by atoms with Gasteiger partial charge in [0.2, 0.25) is 0 Å². The van der Waals surface area contributed by atoms with Crippen LogP contribution in [0.5, 0.6) is 0 Å². The summed E-state index contributed by atoms with van der Waals surface area (Å²) in [4.78, 5) is 28.3. The molecule has 2 saturated heterocycles. The number of hydrogen-bond acceptors (Lipinski definition) is 6. The summed E-state index contributed by atoms with van der Waals surface area (Å²) in [5.74, 6) is -1.53. The maximum absolute atomic E-state index is 14.7. The lowest BCUT2D eigenvalue weighted by Gasteiger charge is -2.35. The zero-order chi connectivity index (χ0) is 32.5. The number of amides is 3. The Labute approximate surface area is 247 Å². The number of alkyl halides is 6. The zero-order valence-corrected chi connectivity index (χ0v) is 23.8. The van der Waals surface area contributed by atoms with Crippen molar-refractivity contribution in [3.05, 3.63) is 65.0 Å². The Bertz CT molecular complexity index is 1460. The molecule has 0 spiro atoms. The van der Waals surface area contributed by atoms with E-state index in [2.05, 4.69) is 10.6 Å². The van der Waals surface area contributed by atoms with Crippen LogP contribution in [-0.4, -0.2) is 91.8 Å². The highest BCUT2D eigenvalue weighted by Crippen LogP contribution is 2.50. The van der Waals surface area contributed by atoms with Gasteiger partial charge in [-0.3, -0.25) is 9.69 Å². The van der Waals surface area contributed by atoms with Crippen LogP contribution in [0, 0.1) is 11.7 Å². The van der Waals surface area contributed by atoms with Crippen LogP contribution in [0.1, 0.15) is 27.9 Å². The van der Waals surface area contributed by atoms with Gasteiger partial charge < -0.3 is 20.6 Å². The van der Waals surface area contributed by atoms with Gasteiger partial charge in [-0.25, -0.2) is 17.6 Å². The van der Waals surface area contributed by atoms with Crippen molar-refractivity contribution in [2.45, 2.75) is 30.9 Å². The first kappa shape index (κ1) is 33.5. The second-order valence-electron chi connectivity index (χ2n) is 10.8. The first-order valence-electron chi connectivity index (χ1n) is 13.4. The summed E-state index contributed by atoms with van der Waals surface area (Å²) in [6.45, 7) is 1.31. The molecule has 0 bridgehead atoms. The standard InChI is InChI=1S/C27H29F7N4O5S/c28-21-13-19(3-6-22(21)36-24(40)35-14-18-7-12-44(42,43)16-18)23(39)38-10-8-37(9-11-38)15-17-1-4-20(5-2-17)25(41,26(29,30)31)27(32,33)34/h1-6,13,18,41H,7-12,14-16H2,(H2,35,36,40). The number of carbonyl (C=O) groups is 2. The van der Waals surface area contributed by atoms with E-state index in [0.717, 1.165) is 18.2 Å². The SMILES string of the molecule is O=C(NCC1CCS(=O)(=O)C1)Nc1ccc(C(=O)N2CCN(Cc3ccc(C(O)(C(F)(F)F)C(F)(F)F)cc3)CC2)cc1F. The molecule has 1 atom stereocenters. The average molecular weight is 655 g/mol. The second kappa shape index (κ2) is 12.5. The minimum absolute atomic E-state index is 0.0236. The minimum Gasteiger partial charge on any atom is -0.369 e. The molecule has 3 N–H and O–H groups in total. The summed E-state index contributed by atoms with van der Waals surface area (Å²) >= 11 is 0. The summed E-state index contributed by atoms with van der Waals surface area (Å²) < 4.78 is 116. The third kappa shape index (κ3) is 7.43. The van der Waals surface area contributed by atoms with Gasteiger partial charge in [-0.2, -0.15) is 26.3 Å². The highest BCUT2D eigenvalue weighted by Gasteiger charge is 2.71. The molecule has 0 saturated carbocycles. The first-order valence-corrected chi connectivity index (χ1v) is 15.2. The molecule has 17 heteroatoms. The molecule has 2 fully saturated rings. The molecule has 0 radical (unpaired) electrons. The van der Waals surface area contributed by atoms with E-state index in [-0.39, 0.29) is 54.9 Å². The summed E-state index contributed by atoms with van der Waals surface area (Å²) in [6, 6.07) is 6.08. The van der Waals surface area contributed by atoms with Crippen LogP contribution >= 0.6 is 0 Å². The third-order valence-corrected chi connectivity index (χ3v) is 9.44. The molecular formula is C27H29F7N4O5S. The van der Waals surface area contributed by atoms with E-state index in [1.807, 2.05) is 4.90 Å². The van der Waals surface area contributed by atoms with E-state index in [0.29, 0.717) is 37.2 Å². The lowest BCUT2D eigenvalue weighted by molar-refractivity contribution is -0.376. The van der Waals surface area contributed by atoms with Crippen molar-refractivity contribution >= 4 is 27.5 Å². The molecular weight excluding hydrogens is 625 g/mol. The quantitative estimate of drug-likeness (QED) is 0.393. The van der Waals surface area contributed by atoms with Crippen molar-refractivity contribution in [1.82, 2.24) is 15.1 Å². The van der Waals surface area contributed by atoms with Crippen molar-refractivity contribution in [3.63, 3.8) is 0 Å². The Hall–Kier alpha value is -3.44. The molecule has 2 heterocycles. The van der Waals surface area contributed by atoms with Gasteiger partial charge >= 0.3 is 18.4 Å². The molecule has 0 aliphatic carbocycles. The Morgan fingerprint density at radius 3 is 2.07 bits per heavy atom. The first-order chi connectivity index (χ1) is 20.4. The van der Waals surface area contributed by atoms with Crippen LogP contribution in [0.3, 0.4) is 0 Å². The number of sulfone groups is 1. The van der Waals surface area contributed by atoms with Crippen molar-refractivity contribution in [2.24, 2.45) is 5.92 Å². The number of benzene rings is 2. The van der Waals surface area contributed by atoms with E-state index in [9.17, 15) is 53.8 Å². The van der Waals surface area contributed by atoms with Crippen molar-refractivity contribution in [1.29, 1.82) is 0 Å². The van der Waals surface area contributed by atoms with Crippen LogP contribution in [0.15, 0.2) is 42.5 Å². The lowest BCUT2D eigenvalue weighted by atomic mass is 9.91. The molecule has 2 aliphatic rings. The van der Waals surface area contributed by atoms with E-state index in [1.54, 1.807) is 0 Å². The predicted molar refractivity (Wildman–Crippen MR) is 144 cm³/mol. The number of nitrogens with zero attached hydrogens (tertiary/aromatic N) is 2. The second-order valence-corrected chi connectivity index (χ2v) is 13.0. The van der Waals surface area contributed by atoms with Gasteiger partial charge in [0.15, 0.2) is 9.84 Å². The number of hydrogen-bond donors (Lipinski definition) is 3. The van der Waals surface area contributed by atoms with Crippen LogP contribution in [0.25, 0.3) is 0 Å². The number of halogens is 7. The van der Waals surface area contributed by atoms with Gasteiger partial charge in [0.05, 0.1) is 17.2 Å². The molecule has 2 aromatic carbocycles. The summed E-state index contributed by atoms with van der Waals surface area (Å²) in [6.07, 6.45) is -11.5. The zero-order valence-electron chi connectivity index (χ0n) is 23.0. The van der Waals surface area contributed by atoms with Gasteiger partial charge in [-0.15, -0.1) is 0 Å². The largest absolute Gasteiger partial charge is 0.430 e. The molecule has 2 aromatic rings. The molecule has 9 nitrogen and oxygen atoms in total. The van der Waals surface area contributed by atoms with Gasteiger partial charge in [0, 0.05) is 50.4 Å². The smallest absolute Gasteiger partial charge is 0.369 e. The number of urea groups is 1. The average Bonchev–Trinajstić information content (AvgIpc) is 3.30. The van der Waals surface area contributed by atoms with Crippen LogP contribution in [0.2, 0.25) is 0 Å². The topological polar surface area (TPSA) is 119 Å². The normalized spacial score (nSPS) is 19.5. The summed E-state index contributed by atoms with van der Waals surface area (Å²) in [7, 11) is -3.10. The van der Waals surface area contributed by atoms with Gasteiger partial charge in [-0.05, 0) is 36.1 Å². The number of carbonyl (C=O) groups excluding carboxylic acids is 2. The minimum atomic E-state index is -5.98. The number of aliphatic hydroxyl groups is 1. The van der Waals surface area contributed by atoms with Crippen molar-refractivity contribution in [3.8, 4) is 0 Å². The molecule has 4 rings (SSSR count). The Kier molecular flexibility index (Phi) is 9.51. The molecule has 44 heavy (non-hydrogen) atoms. The number of piperazine rings is 1. The highest BCUT2D eigenvalue weighted by atomic mass is 32.2. The Morgan fingerprint density at radius 1 is 0.932 bits per heavy atom. The maximum atomic E-state index is 14.7. The van der Waals surface area contributed by atoms with E-state index < -0.39 is 51.1 Å². The lowest BCUT2D eigenvalue weighted by Crippen LogP contribution is -2.53. The Balaban J connectivity index is 1.28. The molecule has 0 aromatic heterocycles. The molecule has 3 amide bonds. The fourth-order valence-electron chi connectivity index (χ4n) is 5.08. The van der Waals surface area contributed by atoms with Gasteiger partial charge in [0.25, 0.3) is 11.5 Å². The fraction of sp³-hybridized carbons (Fsp3) is 0.481. The van der Waals surface area contributed by atoms with E-state index in [4.69, 9.17) is 0 Å². The highest BCUT2D eigenvalue weighted by molar-refractivity contribution is 7.91. The molecule has 2 aliphatic heterocycles. The van der Waals surface area contributed by atoms with E-state index >= 15 is 0 Å². The fourth-order valence-corrected chi connectivity index (χ4v) is 6.94. The number of rotatable bonds is 7. The van der Waals surface area contributed by atoms with Crippen LogP contribution in [0.4, 0.5) is 41.2 Å². The number of anilines is 1. The summed E-state index contributed by atoms with van der Waals surface area (Å²) in [5, 5.41) is 14.4. The maximum Gasteiger partial charge on any atom is 0.430 e. The molecule has 1 unspecified atom stereocenters. The number of nitrogens with one attached hydrogen (secondary N) is 2. The van der Waals surface area contributed by atoms with E-state index in [1.165, 1.54) is 17.0 Å². The van der Waals surface area contributed by atoms with Gasteiger partial charge in [0.1, 0.15) is 5.82 Å². The van der Waals surface area contributed by atoms with Crippen molar-refractivity contribution in [2.75, 3.05) is 49.5 Å². The van der Waals surface area contributed by atoms with Crippen LogP contribution in [-0.2, 0) is 22.0 Å². The summed E-state index contributed by atoms with van der Waals surface area (Å²) in [5.41, 5.74) is -6.13. The predicted octanol–water partition coefficient (Wildman–Crippen LogP) is 3.65.